The Balaban J connectivity index is 0.488. The van der Waals surface area contributed by atoms with Gasteiger partial charge in [0.1, 0.15) is 65.4 Å². The van der Waals surface area contributed by atoms with E-state index in [0.29, 0.717) is 181 Å². The number of alkyl carbamates (subject to hydrolysis) is 1. The van der Waals surface area contributed by atoms with E-state index in [0.717, 1.165) is 51.9 Å². The molecule has 4 amide bonds. The maximum atomic E-state index is 14.5. The van der Waals surface area contributed by atoms with Crippen LogP contribution in [0.25, 0.3) is 33.3 Å². The number of aliphatic hydroxyl groups excluding tert-OH is 1. The molecule has 6 aliphatic heterocycles. The first kappa shape index (κ1) is 92.6. The lowest BCUT2D eigenvalue weighted by Gasteiger charge is -2.39. The number of nitrogens with zero attached hydrogens (tertiary/aromatic N) is 15. The van der Waals surface area contributed by atoms with Gasteiger partial charge in [0.2, 0.25) is 23.6 Å². The number of cyclic esters (lactones) is 1. The number of hydrogen-bond donors (Lipinski definition) is 5. The molecular formula is C94H120N18O16. The highest BCUT2D eigenvalue weighted by Gasteiger charge is 2.43. The molecule has 10 atom stereocenters. The average Bonchev–Trinajstić information content (AvgIpc) is 1.61. The molecule has 7 aromatic rings. The number of fused-ring (bicyclic) bond motifs is 6. The van der Waals surface area contributed by atoms with E-state index in [1.54, 1.807) is 62.9 Å². The van der Waals surface area contributed by atoms with Crippen LogP contribution in [0.15, 0.2) is 121 Å². The summed E-state index contributed by atoms with van der Waals surface area (Å²) in [5.41, 5.74) is 15.0. The van der Waals surface area contributed by atoms with Gasteiger partial charge >= 0.3 is 18.0 Å². The minimum atomic E-state index is -1.16. The van der Waals surface area contributed by atoms with Crippen molar-refractivity contribution in [3.05, 3.63) is 149 Å². The Morgan fingerprint density at radius 3 is 2.29 bits per heavy atom. The number of carboxylic acid groups (broad SMARTS) is 1. The largest absolute Gasteiger partial charge is 0.480 e. The van der Waals surface area contributed by atoms with Gasteiger partial charge in [-0.25, -0.2) is 54.0 Å². The number of aliphatic carboxylic acids is 1. The third-order valence-corrected chi connectivity index (χ3v) is 26.2. The molecule has 34 nitrogen and oxygen atoms in total. The number of carbonyl (C=O) groups is 9. The molecule has 0 radical (unpaired) electrons. The van der Waals surface area contributed by atoms with Crippen LogP contribution in [0.5, 0.6) is 0 Å². The number of hydrogen-bond acceptors (Lipinski definition) is 27. The van der Waals surface area contributed by atoms with Gasteiger partial charge in [-0.2, -0.15) is 5.10 Å². The fraction of sp³-hybridized carbons (Fsp3) is 0.543. The SMILES string of the molecule is CO[C@H]1CC2CCCC(O2)C(=O)C(=O)N2CCCC[C@H]2C(=O)O[C@H](CCC2CCC(OC(=O)NCc3cnc(N4CCN(C(=O)CCOCCN5CCN(c6ncc(C(=O)N7CCc8cc(Cn9nc(-c%10cnc%11[nH]ccc%11c%10)c%10c(N)ncnc%109)ccc8C7)cn6)CC5)[C@@H](C(=O)O)C4)nc3)CC2)CC(=O)[C@H](C)/C=C(\C)[C@@H](O)CC(=O)[C@H](C)C[C@H](C)/C=C/C=CC=C1C. The van der Waals surface area contributed by atoms with Crippen LogP contribution < -0.4 is 20.9 Å². The maximum absolute atomic E-state index is 14.5. The van der Waals surface area contributed by atoms with Gasteiger partial charge < -0.3 is 74.4 Å². The number of nitrogens with one attached hydrogen (secondary N) is 2. The number of piperazine rings is 2. The zero-order valence-corrected chi connectivity index (χ0v) is 74.1. The van der Waals surface area contributed by atoms with Crippen molar-refractivity contribution in [3.63, 3.8) is 0 Å². The molecule has 682 valence electrons. The minimum Gasteiger partial charge on any atom is -0.480 e. The van der Waals surface area contributed by atoms with Crippen molar-refractivity contribution in [3.8, 4) is 11.3 Å². The number of aromatic nitrogens is 10. The number of piperidine rings is 1. The Hall–Kier alpha value is -11.6. The molecule has 1 saturated carbocycles. The second kappa shape index (κ2) is 43.5. The van der Waals surface area contributed by atoms with Crippen molar-refractivity contribution < 1.29 is 77.0 Å². The number of pyridine rings is 1. The Bertz CT molecular complexity index is 5230. The van der Waals surface area contributed by atoms with Crippen molar-refractivity contribution in [2.45, 2.75) is 219 Å². The van der Waals surface area contributed by atoms with Gasteiger partial charge in [0, 0.05) is 164 Å². The number of amides is 4. The Labute approximate surface area is 744 Å². The number of ketones is 3. The highest BCUT2D eigenvalue weighted by molar-refractivity contribution is 6.38. The van der Waals surface area contributed by atoms with Crippen molar-refractivity contribution in [2.24, 2.45) is 23.7 Å². The highest BCUT2D eigenvalue weighted by Crippen LogP contribution is 2.36. The molecule has 6 N–H and O–H groups in total. The van der Waals surface area contributed by atoms with E-state index in [2.05, 4.69) is 73.2 Å². The number of rotatable bonds is 20. The number of benzene rings is 1. The van der Waals surface area contributed by atoms with Crippen molar-refractivity contribution >= 4 is 92.9 Å². The number of ether oxygens (including phenoxy) is 5. The standard InChI is InChI=1S/C94H120N18O16/c1-58-13-8-7-9-14-59(2)80(124-6)46-72-15-12-17-79(126-72)84(117)89(119)111-30-11-10-16-74(111)91(122)127-73(45-76(113)61(4)42-62(5)78(115)47-77(114)60(3)41-58)25-21-63-19-23-71(24-20-63)128-94(123)102-50-65-48-98-93(99-49-65)109-36-37-110(75(56-109)90(120)121)81(116)28-39-125-40-38-106-32-34-107(35-33-106)92-100-52-70(53-101-92)88(118)108-31-27-66-43-64(18-22-68(66)55-108)54-112-87-82(85(95)103-57-104-87)83(105-112)69-44-67-26-29-96-86(67)97-51-69/h7-9,13-14,18,22,26,29,42-44,48-49,51-53,57-58,60-61,63,71-75,78-80,115H,10-12,15-17,19-21,23-25,27-28,30-41,45-47,50,54-56H2,1-6H3,(H,96,97)(H,102,123)(H,120,121)(H2,95,103,104)/b9-7?,13-8+,59-14?,62-42+/t58-,60-,61-,63?,71?,72?,73-,74+,75-,78+,79?,80+/m1/s1. The quantitative estimate of drug-likeness (QED) is 0.0205. The number of allylic oxidation sites excluding steroid dienone is 6. The van der Waals surface area contributed by atoms with Crippen LogP contribution in [0, 0.1) is 23.7 Å². The van der Waals surface area contributed by atoms with Gasteiger partial charge in [-0.05, 0) is 156 Å². The van der Waals surface area contributed by atoms with Crippen molar-refractivity contribution in [1.29, 1.82) is 0 Å². The summed E-state index contributed by atoms with van der Waals surface area (Å²) in [6.07, 6.45) is 26.2. The molecule has 12 heterocycles. The zero-order chi connectivity index (χ0) is 90.1. The van der Waals surface area contributed by atoms with Gasteiger partial charge in [-0.3, -0.25) is 33.7 Å². The summed E-state index contributed by atoms with van der Waals surface area (Å²) in [7, 11) is 1.63. The predicted octanol–water partition coefficient (Wildman–Crippen LogP) is 9.48. The number of anilines is 3. The third-order valence-electron chi connectivity index (χ3n) is 26.2. The topological polar surface area (TPSA) is 422 Å². The lowest BCUT2D eigenvalue weighted by molar-refractivity contribution is -0.167. The third kappa shape index (κ3) is 23.7. The first-order chi connectivity index (χ1) is 61.9. The highest BCUT2D eigenvalue weighted by atomic mass is 16.6. The van der Waals surface area contributed by atoms with Gasteiger partial charge in [-0.15, -0.1) is 0 Å². The molecule has 6 aromatic heterocycles. The summed E-state index contributed by atoms with van der Waals surface area (Å²) in [5, 5.41) is 31.0. The average molecular weight is 1760 g/mol. The molecule has 128 heavy (non-hydrogen) atoms. The van der Waals surface area contributed by atoms with Crippen molar-refractivity contribution in [1.82, 2.24) is 74.6 Å². The molecule has 4 saturated heterocycles. The van der Waals surface area contributed by atoms with Crippen LogP contribution in [0.1, 0.15) is 176 Å². The Morgan fingerprint density at radius 2 is 1.51 bits per heavy atom. The monoisotopic (exact) mass is 1760 g/mol. The molecule has 34 heteroatoms. The number of nitrogens with two attached hydrogens (primary N) is 1. The summed E-state index contributed by atoms with van der Waals surface area (Å²) in [6, 6.07) is 8.06. The van der Waals surface area contributed by atoms with Crippen LogP contribution in [0.4, 0.5) is 22.5 Å². The lowest BCUT2D eigenvalue weighted by atomic mass is 9.83. The van der Waals surface area contributed by atoms with E-state index in [1.165, 1.54) is 16.1 Å². The Morgan fingerprint density at radius 1 is 0.734 bits per heavy atom. The maximum Gasteiger partial charge on any atom is 0.407 e. The van der Waals surface area contributed by atoms with Crippen LogP contribution in [-0.2, 0) is 83.3 Å². The zero-order valence-electron chi connectivity index (χ0n) is 74.1. The van der Waals surface area contributed by atoms with Gasteiger partial charge in [0.25, 0.3) is 11.8 Å². The number of carbonyl (C=O) groups excluding carboxylic acids is 8. The summed E-state index contributed by atoms with van der Waals surface area (Å²) in [5.74, 6) is -3.83. The fourth-order valence-electron chi connectivity index (χ4n) is 18.5. The first-order valence-corrected chi connectivity index (χ1v) is 45.2. The number of nitrogen functional groups attached to an aromatic ring is 1. The van der Waals surface area contributed by atoms with Crippen LogP contribution in [0.2, 0.25) is 0 Å². The number of methoxy groups -OCH3 is 1. The number of esters is 1. The molecule has 1 aromatic carbocycles. The van der Waals surface area contributed by atoms with E-state index in [1.807, 2.05) is 79.1 Å². The second-order valence-corrected chi connectivity index (χ2v) is 35.3. The molecular weight excluding hydrogens is 1640 g/mol. The fourth-order valence-corrected chi connectivity index (χ4v) is 18.5. The number of aromatic amines is 1. The van der Waals surface area contributed by atoms with Crippen LogP contribution in [0.3, 0.4) is 0 Å². The van der Waals surface area contributed by atoms with Crippen molar-refractivity contribution in [2.75, 3.05) is 101 Å². The number of Topliss-reactive ketones (excluding diaryl/α,β-unsaturated/α-hetero) is 3. The van der Waals surface area contributed by atoms with Crippen LogP contribution in [-0.4, -0.2) is 267 Å². The lowest BCUT2D eigenvalue weighted by Crippen LogP contribution is -2.58. The molecule has 2 bridgehead atoms. The summed E-state index contributed by atoms with van der Waals surface area (Å²) in [4.78, 5) is 169. The van der Waals surface area contributed by atoms with Crippen LogP contribution >= 0.6 is 0 Å². The molecule has 1 aliphatic carbocycles. The smallest absolute Gasteiger partial charge is 0.407 e. The first-order valence-electron chi connectivity index (χ1n) is 45.2. The number of aliphatic hydroxyl groups is 1. The minimum absolute atomic E-state index is 0.00296. The van der Waals surface area contributed by atoms with Gasteiger partial charge in [0.15, 0.2) is 5.65 Å². The molecule has 7 aliphatic rings. The summed E-state index contributed by atoms with van der Waals surface area (Å²) in [6.45, 7) is 15.2. The normalized spacial score (nSPS) is 25.7. The van der Waals surface area contributed by atoms with Gasteiger partial charge in [-0.1, -0.05) is 75.4 Å². The molecule has 2 unspecified atom stereocenters. The van der Waals surface area contributed by atoms with E-state index < -0.39 is 66.0 Å². The van der Waals surface area contributed by atoms with E-state index in [-0.39, 0.29) is 130 Å². The van der Waals surface area contributed by atoms with E-state index in [4.69, 9.17) is 34.5 Å². The molecule has 5 fully saturated rings. The summed E-state index contributed by atoms with van der Waals surface area (Å²) < 4.78 is 32.2. The summed E-state index contributed by atoms with van der Waals surface area (Å²) >= 11 is 0. The number of H-pyrrole nitrogens is 1. The Kier molecular flexibility index (Phi) is 31.4. The molecule has 14 rings (SSSR count). The number of carboxylic acids is 1. The second-order valence-electron chi connectivity index (χ2n) is 35.3. The van der Waals surface area contributed by atoms with Gasteiger partial charge in [0.05, 0.1) is 62.0 Å². The predicted molar refractivity (Wildman–Crippen MR) is 476 cm³/mol. The van der Waals surface area contributed by atoms with E-state index >= 15 is 0 Å². The van der Waals surface area contributed by atoms with E-state index in [9.17, 15) is 53.4 Å². The molecule has 0 spiro atoms.